The van der Waals surface area contributed by atoms with Gasteiger partial charge in [-0.2, -0.15) is 0 Å². The van der Waals surface area contributed by atoms with Gasteiger partial charge in [0.25, 0.3) is 0 Å². The summed E-state index contributed by atoms with van der Waals surface area (Å²) in [6.07, 6.45) is 0.364. The third-order valence-corrected chi connectivity index (χ3v) is 3.28. The van der Waals surface area contributed by atoms with Gasteiger partial charge in [-0.05, 0) is 26.3 Å². The van der Waals surface area contributed by atoms with Gasteiger partial charge in [0.2, 0.25) is 0 Å². The molecule has 0 saturated heterocycles. The first kappa shape index (κ1) is 20.6. The minimum atomic E-state index is -0.658. The number of ether oxygens (including phenoxy) is 3. The van der Waals surface area contributed by atoms with Crippen LogP contribution in [0.5, 0.6) is 5.75 Å². The highest BCUT2D eigenvalue weighted by molar-refractivity contribution is 5.77. The van der Waals surface area contributed by atoms with Gasteiger partial charge < -0.3 is 19.5 Å². The molecule has 0 amide bonds. The van der Waals surface area contributed by atoms with E-state index in [-0.39, 0.29) is 32.0 Å². The van der Waals surface area contributed by atoms with Crippen LogP contribution in [0.4, 0.5) is 0 Å². The molecule has 7 heteroatoms. The van der Waals surface area contributed by atoms with Crippen molar-refractivity contribution in [3.63, 3.8) is 0 Å². The fourth-order valence-electron chi connectivity index (χ4n) is 2.18. The Morgan fingerprint density at radius 2 is 1.76 bits per heavy atom. The predicted molar refractivity (Wildman–Crippen MR) is 90.9 cm³/mol. The van der Waals surface area contributed by atoms with E-state index in [4.69, 9.17) is 14.2 Å². The lowest BCUT2D eigenvalue weighted by Gasteiger charge is -2.18. The lowest BCUT2D eigenvalue weighted by atomic mass is 10.1. The van der Waals surface area contributed by atoms with Gasteiger partial charge >= 0.3 is 17.9 Å². The molecule has 0 aliphatic heterocycles. The smallest absolute Gasteiger partial charge is 0.323 e. The molecule has 1 N–H and O–H groups in total. The number of para-hydroxylation sites is 1. The van der Waals surface area contributed by atoms with E-state index in [0.29, 0.717) is 12.4 Å². The van der Waals surface area contributed by atoms with Crippen LogP contribution < -0.4 is 10.1 Å². The lowest BCUT2D eigenvalue weighted by Crippen LogP contribution is -2.38. The fraction of sp³-hybridized carbons (Fsp3) is 0.500. The average molecular weight is 351 g/mol. The highest BCUT2D eigenvalue weighted by Gasteiger charge is 2.21. The second-order valence-electron chi connectivity index (χ2n) is 5.23. The third-order valence-electron chi connectivity index (χ3n) is 3.28. The number of nitrogens with one attached hydrogen (secondary N) is 1. The molecule has 7 nitrogen and oxygen atoms in total. The van der Waals surface area contributed by atoms with Crippen molar-refractivity contribution < 1.29 is 28.6 Å². The maximum atomic E-state index is 12.1. The molecule has 1 aromatic rings. The van der Waals surface area contributed by atoms with E-state index in [1.54, 1.807) is 32.0 Å². The van der Waals surface area contributed by atoms with Gasteiger partial charge in [0.1, 0.15) is 11.8 Å². The van der Waals surface area contributed by atoms with Crippen LogP contribution in [0.1, 0.15) is 39.2 Å². The molecule has 0 fully saturated rings. The summed E-state index contributed by atoms with van der Waals surface area (Å²) in [5, 5.41) is 3.06. The molecule has 0 aromatic heterocycles. The number of carbonyl (C=O) groups excluding carboxylic acids is 3. The number of carbonyl (C=O) groups is 3. The van der Waals surface area contributed by atoms with Crippen LogP contribution in [0.15, 0.2) is 24.3 Å². The van der Waals surface area contributed by atoms with Gasteiger partial charge in [0.05, 0.1) is 13.2 Å². The zero-order chi connectivity index (χ0) is 18.7. The van der Waals surface area contributed by atoms with Gasteiger partial charge in [-0.15, -0.1) is 0 Å². The summed E-state index contributed by atoms with van der Waals surface area (Å²) in [4.78, 5) is 34.8. The van der Waals surface area contributed by atoms with Crippen molar-refractivity contribution in [3.8, 4) is 5.75 Å². The monoisotopic (exact) mass is 351 g/mol. The minimum Gasteiger partial charge on any atom is -0.466 e. The molecule has 1 rings (SSSR count). The molecular weight excluding hydrogens is 326 g/mol. The first-order valence-electron chi connectivity index (χ1n) is 8.29. The highest BCUT2D eigenvalue weighted by atomic mass is 16.5. The number of esters is 3. The molecule has 0 radical (unpaired) electrons. The van der Waals surface area contributed by atoms with Crippen LogP contribution in [0.3, 0.4) is 0 Å². The maximum Gasteiger partial charge on any atom is 0.323 e. The molecule has 0 bridgehead atoms. The Bertz CT molecular complexity index is 587. The molecule has 0 aliphatic carbocycles. The summed E-state index contributed by atoms with van der Waals surface area (Å²) < 4.78 is 15.1. The Kier molecular flexibility index (Phi) is 9.24. The fourth-order valence-corrected chi connectivity index (χ4v) is 2.18. The molecule has 0 spiro atoms. The molecule has 1 aromatic carbocycles. The Balaban J connectivity index is 2.73. The summed E-state index contributed by atoms with van der Waals surface area (Å²) >= 11 is 0. The van der Waals surface area contributed by atoms with Crippen molar-refractivity contribution in [2.45, 2.75) is 46.2 Å². The lowest BCUT2D eigenvalue weighted by molar-refractivity contribution is -0.147. The van der Waals surface area contributed by atoms with E-state index >= 15 is 0 Å². The van der Waals surface area contributed by atoms with E-state index in [2.05, 4.69) is 5.32 Å². The summed E-state index contributed by atoms with van der Waals surface area (Å²) in [5.41, 5.74) is 0.725. The molecule has 0 unspecified atom stereocenters. The summed E-state index contributed by atoms with van der Waals surface area (Å²) in [6.45, 7) is 5.61. The van der Waals surface area contributed by atoms with Gasteiger partial charge in [-0.1, -0.05) is 18.2 Å². The molecule has 0 aliphatic rings. The first-order valence-corrected chi connectivity index (χ1v) is 8.29. The van der Waals surface area contributed by atoms with Crippen molar-refractivity contribution in [2.24, 2.45) is 0 Å². The molecule has 1 atom stereocenters. The number of rotatable bonds is 10. The average Bonchev–Trinajstić information content (AvgIpc) is 2.56. The zero-order valence-corrected chi connectivity index (χ0v) is 14.9. The van der Waals surface area contributed by atoms with Crippen molar-refractivity contribution in [3.05, 3.63) is 29.8 Å². The zero-order valence-electron chi connectivity index (χ0n) is 14.9. The van der Waals surface area contributed by atoms with Crippen LogP contribution in [0.2, 0.25) is 0 Å². The molecule has 25 heavy (non-hydrogen) atoms. The molecular formula is C18H25NO6. The largest absolute Gasteiger partial charge is 0.466 e. The predicted octanol–water partition coefficient (Wildman–Crippen LogP) is 1.98. The van der Waals surface area contributed by atoms with Crippen molar-refractivity contribution >= 4 is 17.9 Å². The third kappa shape index (κ3) is 7.80. The quantitative estimate of drug-likeness (QED) is 0.509. The Morgan fingerprint density at radius 3 is 2.40 bits per heavy atom. The van der Waals surface area contributed by atoms with Gasteiger partial charge in [-0.3, -0.25) is 14.4 Å². The maximum absolute atomic E-state index is 12.1. The normalized spacial score (nSPS) is 11.5. The van der Waals surface area contributed by atoms with E-state index < -0.39 is 18.0 Å². The Labute approximate surface area is 147 Å². The SMILES string of the molecule is CCOC(=O)CC[C@H](NCc1ccccc1OC(C)=O)C(=O)OCC. The first-order chi connectivity index (χ1) is 12.0. The summed E-state index contributed by atoms with van der Waals surface area (Å²) in [6, 6.07) is 6.37. The van der Waals surface area contributed by atoms with Gasteiger partial charge in [0, 0.05) is 25.5 Å². The topological polar surface area (TPSA) is 90.9 Å². The minimum absolute atomic E-state index is 0.107. The summed E-state index contributed by atoms with van der Waals surface area (Å²) in [7, 11) is 0. The number of benzene rings is 1. The molecule has 0 saturated carbocycles. The van der Waals surface area contributed by atoms with E-state index in [0.717, 1.165) is 5.56 Å². The standard InChI is InChI=1S/C18H25NO6/c1-4-23-17(21)11-10-15(18(22)24-5-2)19-12-14-8-6-7-9-16(14)25-13(3)20/h6-9,15,19H,4-5,10-12H2,1-3H3/t15-/m0/s1. The van der Waals surface area contributed by atoms with Crippen LogP contribution in [0, 0.1) is 0 Å². The Morgan fingerprint density at radius 1 is 1.08 bits per heavy atom. The molecule has 0 heterocycles. The van der Waals surface area contributed by atoms with Crippen LogP contribution in [0.25, 0.3) is 0 Å². The van der Waals surface area contributed by atoms with E-state index in [1.807, 2.05) is 6.07 Å². The van der Waals surface area contributed by atoms with Gasteiger partial charge in [0.15, 0.2) is 0 Å². The highest BCUT2D eigenvalue weighted by Crippen LogP contribution is 2.18. The van der Waals surface area contributed by atoms with Crippen LogP contribution in [-0.4, -0.2) is 37.2 Å². The van der Waals surface area contributed by atoms with Crippen molar-refractivity contribution in [1.29, 1.82) is 0 Å². The molecule has 138 valence electrons. The van der Waals surface area contributed by atoms with Crippen LogP contribution >= 0.6 is 0 Å². The van der Waals surface area contributed by atoms with Gasteiger partial charge in [-0.25, -0.2) is 0 Å². The van der Waals surface area contributed by atoms with E-state index in [9.17, 15) is 14.4 Å². The second-order valence-corrected chi connectivity index (χ2v) is 5.23. The second kappa shape index (κ2) is 11.2. The van der Waals surface area contributed by atoms with E-state index in [1.165, 1.54) is 6.92 Å². The Hall–Kier alpha value is -2.41. The van der Waals surface area contributed by atoms with Crippen molar-refractivity contribution in [1.82, 2.24) is 5.32 Å². The summed E-state index contributed by atoms with van der Waals surface area (Å²) in [5.74, 6) is -0.789. The number of hydrogen-bond acceptors (Lipinski definition) is 7. The van der Waals surface area contributed by atoms with Crippen molar-refractivity contribution in [2.75, 3.05) is 13.2 Å². The number of hydrogen-bond donors (Lipinski definition) is 1. The van der Waals surface area contributed by atoms with Crippen LogP contribution in [-0.2, 0) is 30.4 Å².